The summed E-state index contributed by atoms with van der Waals surface area (Å²) in [4.78, 5) is 34.0. The minimum atomic E-state index is -1.37. The summed E-state index contributed by atoms with van der Waals surface area (Å²) < 4.78 is 4.37. The van der Waals surface area contributed by atoms with Gasteiger partial charge < -0.3 is 20.3 Å². The molecular formula is C13H15NO6. The molecule has 1 aromatic carbocycles. The Balaban J connectivity index is 2.85. The molecule has 7 heteroatoms. The second-order valence-electron chi connectivity index (χ2n) is 4.14. The molecule has 20 heavy (non-hydrogen) atoms. The highest BCUT2D eigenvalue weighted by molar-refractivity contribution is 5.98. The summed E-state index contributed by atoms with van der Waals surface area (Å²) in [5, 5.41) is 20.5. The van der Waals surface area contributed by atoms with Crippen LogP contribution in [0.25, 0.3) is 0 Å². The van der Waals surface area contributed by atoms with E-state index in [9.17, 15) is 19.5 Å². The Hall–Kier alpha value is -2.57. The molecule has 0 heterocycles. The monoisotopic (exact) mass is 281 g/mol. The van der Waals surface area contributed by atoms with Gasteiger partial charge in [-0.05, 0) is 30.7 Å². The van der Waals surface area contributed by atoms with Crippen molar-refractivity contribution in [2.45, 2.75) is 19.4 Å². The number of nitrogens with one attached hydrogen (secondary N) is 1. The van der Waals surface area contributed by atoms with Gasteiger partial charge in [0.1, 0.15) is 11.8 Å². The lowest BCUT2D eigenvalue weighted by Gasteiger charge is -2.14. The van der Waals surface area contributed by atoms with Crippen molar-refractivity contribution >= 4 is 17.8 Å². The van der Waals surface area contributed by atoms with Crippen LogP contribution < -0.4 is 5.32 Å². The number of carbonyl (C=O) groups excluding carboxylic acids is 2. The average Bonchev–Trinajstić information content (AvgIpc) is 2.37. The Bertz CT molecular complexity index is 540. The fourth-order valence-corrected chi connectivity index (χ4v) is 1.59. The molecule has 0 unspecified atom stereocenters. The number of aliphatic carboxylic acids is 1. The lowest BCUT2D eigenvalue weighted by atomic mass is 10.1. The highest BCUT2D eigenvalue weighted by Gasteiger charge is 2.24. The van der Waals surface area contributed by atoms with Crippen molar-refractivity contribution in [1.29, 1.82) is 0 Å². The van der Waals surface area contributed by atoms with E-state index in [1.807, 2.05) is 0 Å². The Labute approximate surface area is 115 Å². The van der Waals surface area contributed by atoms with Crippen molar-refractivity contribution in [3.8, 4) is 5.75 Å². The molecule has 0 radical (unpaired) electrons. The third kappa shape index (κ3) is 3.98. The molecule has 0 aliphatic heterocycles. The van der Waals surface area contributed by atoms with E-state index in [4.69, 9.17) is 5.11 Å². The second-order valence-corrected chi connectivity index (χ2v) is 4.14. The van der Waals surface area contributed by atoms with Gasteiger partial charge in [-0.3, -0.25) is 9.59 Å². The molecule has 1 aromatic rings. The third-order valence-corrected chi connectivity index (χ3v) is 2.66. The van der Waals surface area contributed by atoms with Gasteiger partial charge >= 0.3 is 11.9 Å². The highest BCUT2D eigenvalue weighted by Crippen LogP contribution is 2.15. The van der Waals surface area contributed by atoms with Gasteiger partial charge in [0.2, 0.25) is 0 Å². The summed E-state index contributed by atoms with van der Waals surface area (Å²) in [5.74, 6) is -2.71. The molecule has 3 N–H and O–H groups in total. The predicted octanol–water partition coefficient (Wildman–Crippen LogP) is 0.447. The summed E-state index contributed by atoms with van der Waals surface area (Å²) in [6, 6.07) is 2.70. The number of aromatic hydroxyl groups is 1. The number of aryl methyl sites for hydroxylation is 1. The Kier molecular flexibility index (Phi) is 5.08. The fraction of sp³-hybridized carbons (Fsp3) is 0.308. The predicted molar refractivity (Wildman–Crippen MR) is 68.4 cm³/mol. The van der Waals surface area contributed by atoms with Gasteiger partial charge in [0.25, 0.3) is 5.91 Å². The molecule has 0 aliphatic carbocycles. The number of phenolic OH excluding ortho intramolecular Hbond substituents is 1. The number of phenols is 1. The van der Waals surface area contributed by atoms with E-state index in [1.165, 1.54) is 18.2 Å². The van der Waals surface area contributed by atoms with Gasteiger partial charge in [-0.1, -0.05) is 0 Å². The number of ether oxygens (including phenoxy) is 1. The van der Waals surface area contributed by atoms with Crippen LogP contribution in [0.4, 0.5) is 0 Å². The van der Waals surface area contributed by atoms with Crippen LogP contribution in [0.1, 0.15) is 22.3 Å². The van der Waals surface area contributed by atoms with E-state index in [0.29, 0.717) is 5.56 Å². The largest absolute Gasteiger partial charge is 0.508 e. The maximum atomic E-state index is 12.0. The number of amides is 1. The molecular weight excluding hydrogens is 266 g/mol. The van der Waals surface area contributed by atoms with Crippen molar-refractivity contribution in [3.05, 3.63) is 29.3 Å². The second kappa shape index (κ2) is 6.55. The molecule has 7 nitrogen and oxygen atoms in total. The van der Waals surface area contributed by atoms with E-state index in [-0.39, 0.29) is 11.3 Å². The van der Waals surface area contributed by atoms with Crippen LogP contribution in [0.15, 0.2) is 18.2 Å². The van der Waals surface area contributed by atoms with Crippen LogP contribution in [0.3, 0.4) is 0 Å². The first kappa shape index (κ1) is 15.5. The van der Waals surface area contributed by atoms with Crippen molar-refractivity contribution in [2.24, 2.45) is 0 Å². The quantitative estimate of drug-likeness (QED) is 0.675. The van der Waals surface area contributed by atoms with E-state index >= 15 is 0 Å². The number of hydrogen-bond donors (Lipinski definition) is 3. The lowest BCUT2D eigenvalue weighted by molar-refractivity contribution is -0.147. The molecule has 1 rings (SSSR count). The molecule has 0 saturated carbocycles. The summed E-state index contributed by atoms with van der Waals surface area (Å²) >= 11 is 0. The van der Waals surface area contributed by atoms with Gasteiger partial charge in [0.05, 0.1) is 13.5 Å². The average molecular weight is 281 g/mol. The maximum absolute atomic E-state index is 12.0. The van der Waals surface area contributed by atoms with Crippen LogP contribution in [0.5, 0.6) is 5.75 Å². The zero-order valence-corrected chi connectivity index (χ0v) is 11.0. The SMILES string of the molecule is COC(=O)C[C@H](NC(=O)c1ccc(O)cc1C)C(=O)O. The van der Waals surface area contributed by atoms with E-state index < -0.39 is 30.3 Å². The normalized spacial score (nSPS) is 11.5. The Morgan fingerprint density at radius 2 is 2.00 bits per heavy atom. The number of carboxylic acid groups (broad SMARTS) is 1. The van der Waals surface area contributed by atoms with Gasteiger partial charge in [-0.15, -0.1) is 0 Å². The summed E-state index contributed by atoms with van der Waals surface area (Å²) in [6.07, 6.45) is -0.464. The van der Waals surface area contributed by atoms with E-state index in [2.05, 4.69) is 10.1 Å². The molecule has 0 spiro atoms. The van der Waals surface area contributed by atoms with Gasteiger partial charge in [-0.25, -0.2) is 4.79 Å². The molecule has 0 saturated heterocycles. The molecule has 1 atom stereocenters. The van der Waals surface area contributed by atoms with Gasteiger partial charge in [-0.2, -0.15) is 0 Å². The molecule has 0 aliphatic rings. The zero-order valence-electron chi connectivity index (χ0n) is 11.0. The van der Waals surface area contributed by atoms with Crippen molar-refractivity contribution < 1.29 is 29.3 Å². The number of hydrogen-bond acceptors (Lipinski definition) is 5. The van der Waals surface area contributed by atoms with Crippen molar-refractivity contribution in [3.63, 3.8) is 0 Å². The Morgan fingerprint density at radius 3 is 2.50 bits per heavy atom. The fourth-order valence-electron chi connectivity index (χ4n) is 1.59. The first-order chi connectivity index (χ1) is 9.35. The van der Waals surface area contributed by atoms with E-state index in [1.54, 1.807) is 6.92 Å². The Morgan fingerprint density at radius 1 is 1.35 bits per heavy atom. The van der Waals surface area contributed by atoms with Crippen molar-refractivity contribution in [1.82, 2.24) is 5.32 Å². The minimum Gasteiger partial charge on any atom is -0.508 e. The number of methoxy groups -OCH3 is 1. The maximum Gasteiger partial charge on any atom is 0.326 e. The standard InChI is InChI=1S/C13H15NO6/c1-7-5-8(15)3-4-9(7)12(17)14-10(13(18)19)6-11(16)20-2/h3-5,10,15H,6H2,1-2H3,(H,14,17)(H,18,19)/t10-/m0/s1. The number of carboxylic acids is 1. The first-order valence-corrected chi connectivity index (χ1v) is 5.75. The van der Waals surface area contributed by atoms with Gasteiger partial charge in [0.15, 0.2) is 0 Å². The van der Waals surface area contributed by atoms with Gasteiger partial charge in [0, 0.05) is 5.56 Å². The zero-order chi connectivity index (χ0) is 15.3. The number of carbonyl (C=O) groups is 3. The van der Waals surface area contributed by atoms with Crippen LogP contribution >= 0.6 is 0 Å². The molecule has 1 amide bonds. The van der Waals surface area contributed by atoms with Crippen LogP contribution in [0.2, 0.25) is 0 Å². The third-order valence-electron chi connectivity index (χ3n) is 2.66. The topological polar surface area (TPSA) is 113 Å². The summed E-state index contributed by atoms with van der Waals surface area (Å²) in [5.41, 5.74) is 0.712. The first-order valence-electron chi connectivity index (χ1n) is 5.75. The molecule has 0 bridgehead atoms. The van der Waals surface area contributed by atoms with Crippen LogP contribution in [0, 0.1) is 6.92 Å². The number of benzene rings is 1. The summed E-state index contributed by atoms with van der Waals surface area (Å²) in [6.45, 7) is 1.60. The minimum absolute atomic E-state index is 0.00314. The van der Waals surface area contributed by atoms with E-state index in [0.717, 1.165) is 7.11 Å². The highest BCUT2D eigenvalue weighted by atomic mass is 16.5. The number of esters is 1. The summed E-state index contributed by atoms with van der Waals surface area (Å²) in [7, 11) is 1.13. The van der Waals surface area contributed by atoms with Crippen molar-refractivity contribution in [2.75, 3.05) is 7.11 Å². The molecule has 0 aromatic heterocycles. The van der Waals surface area contributed by atoms with Crippen LogP contribution in [-0.4, -0.2) is 41.2 Å². The molecule has 108 valence electrons. The smallest absolute Gasteiger partial charge is 0.326 e. The number of rotatable bonds is 5. The molecule has 0 fully saturated rings. The lowest BCUT2D eigenvalue weighted by Crippen LogP contribution is -2.42. The van der Waals surface area contributed by atoms with Crippen LogP contribution in [-0.2, 0) is 14.3 Å².